The summed E-state index contributed by atoms with van der Waals surface area (Å²) in [7, 11) is 0. The van der Waals surface area contributed by atoms with Gasteiger partial charge >= 0.3 is 0 Å². The number of benzene rings is 2. The fourth-order valence-corrected chi connectivity index (χ4v) is 2.62. The molecule has 4 nitrogen and oxygen atoms in total. The van der Waals surface area contributed by atoms with E-state index in [9.17, 15) is 9.59 Å². The Morgan fingerprint density at radius 3 is 2.38 bits per heavy atom. The summed E-state index contributed by atoms with van der Waals surface area (Å²) in [5.74, 6) is -0.183. The Labute approximate surface area is 147 Å². The Morgan fingerprint density at radius 2 is 1.75 bits per heavy atom. The highest BCUT2D eigenvalue weighted by Crippen LogP contribution is 2.24. The highest BCUT2D eigenvalue weighted by atomic mass is 35.5. The lowest BCUT2D eigenvalue weighted by Crippen LogP contribution is -2.38. The zero-order chi connectivity index (χ0) is 17.5. The molecule has 0 unspecified atom stereocenters. The molecule has 0 saturated heterocycles. The number of carbonyl (C=O) groups excluding carboxylic acids is 2. The van der Waals surface area contributed by atoms with Crippen LogP contribution in [0.4, 0.5) is 5.69 Å². The second-order valence-corrected chi connectivity index (χ2v) is 6.04. The van der Waals surface area contributed by atoms with Gasteiger partial charge < -0.3 is 10.2 Å². The van der Waals surface area contributed by atoms with E-state index in [1.54, 1.807) is 17.0 Å². The summed E-state index contributed by atoms with van der Waals surface area (Å²) in [6.07, 6.45) is 0.326. The fourth-order valence-electron chi connectivity index (χ4n) is 2.38. The average Bonchev–Trinajstić information content (AvgIpc) is 2.54. The molecule has 24 heavy (non-hydrogen) atoms. The van der Waals surface area contributed by atoms with Crippen molar-refractivity contribution in [1.82, 2.24) is 5.32 Å². The van der Waals surface area contributed by atoms with E-state index < -0.39 is 0 Å². The van der Waals surface area contributed by atoms with Crippen LogP contribution in [0.15, 0.2) is 48.5 Å². The van der Waals surface area contributed by atoms with Gasteiger partial charge in [-0.25, -0.2) is 0 Å². The molecule has 0 aliphatic heterocycles. The van der Waals surface area contributed by atoms with E-state index in [-0.39, 0.29) is 11.8 Å². The van der Waals surface area contributed by atoms with Gasteiger partial charge in [-0.3, -0.25) is 9.59 Å². The molecule has 2 amide bonds. The molecule has 0 radical (unpaired) electrons. The number of hydrogen-bond donors (Lipinski definition) is 1. The second-order valence-electron chi connectivity index (χ2n) is 5.63. The summed E-state index contributed by atoms with van der Waals surface area (Å²) in [5.41, 5.74) is 2.78. The van der Waals surface area contributed by atoms with Crippen molar-refractivity contribution in [1.29, 1.82) is 0 Å². The van der Waals surface area contributed by atoms with Crippen LogP contribution in [0.5, 0.6) is 0 Å². The molecule has 0 aromatic heterocycles. The van der Waals surface area contributed by atoms with Gasteiger partial charge in [-0.2, -0.15) is 0 Å². The summed E-state index contributed by atoms with van der Waals surface area (Å²) < 4.78 is 0. The third kappa shape index (κ3) is 5.10. The number of halogens is 1. The molecular weight excluding hydrogens is 324 g/mol. The Kier molecular flexibility index (Phi) is 6.38. The van der Waals surface area contributed by atoms with E-state index in [0.717, 1.165) is 11.1 Å². The number of aryl methyl sites for hydroxylation is 1. The molecule has 1 N–H and O–H groups in total. The Morgan fingerprint density at radius 1 is 1.08 bits per heavy atom. The van der Waals surface area contributed by atoms with Crippen LogP contribution in [0.1, 0.15) is 18.1 Å². The number of amides is 2. The standard InChI is InChI=1S/C19H21ClN2O2/c1-14-7-9-16(10-8-14)13-19(24)21-11-12-22(15(2)23)18-6-4-3-5-17(18)20/h3-10H,11-13H2,1-2H3,(H,21,24). The third-order valence-electron chi connectivity index (χ3n) is 3.67. The van der Waals surface area contributed by atoms with Gasteiger partial charge in [0, 0.05) is 20.0 Å². The van der Waals surface area contributed by atoms with Gasteiger partial charge in [-0.15, -0.1) is 0 Å². The molecule has 0 atom stereocenters. The minimum atomic E-state index is -0.115. The van der Waals surface area contributed by atoms with E-state index in [4.69, 9.17) is 11.6 Å². The van der Waals surface area contributed by atoms with Gasteiger partial charge in [0.2, 0.25) is 11.8 Å². The van der Waals surface area contributed by atoms with Gasteiger partial charge in [0.25, 0.3) is 0 Å². The van der Waals surface area contributed by atoms with Crippen molar-refractivity contribution in [2.75, 3.05) is 18.0 Å². The summed E-state index contributed by atoms with van der Waals surface area (Å²) in [6, 6.07) is 15.0. The predicted molar refractivity (Wildman–Crippen MR) is 97.4 cm³/mol. The van der Waals surface area contributed by atoms with Crippen LogP contribution >= 0.6 is 11.6 Å². The van der Waals surface area contributed by atoms with Crippen molar-refractivity contribution in [2.45, 2.75) is 20.3 Å². The molecule has 0 bridgehead atoms. The van der Waals surface area contributed by atoms with Crippen molar-refractivity contribution in [3.8, 4) is 0 Å². The molecule has 0 aliphatic rings. The van der Waals surface area contributed by atoms with Gasteiger partial charge in [0.05, 0.1) is 17.1 Å². The quantitative estimate of drug-likeness (QED) is 0.873. The van der Waals surface area contributed by atoms with Crippen molar-refractivity contribution >= 4 is 29.1 Å². The van der Waals surface area contributed by atoms with Crippen LogP contribution in [0.3, 0.4) is 0 Å². The first-order chi connectivity index (χ1) is 11.5. The zero-order valence-corrected chi connectivity index (χ0v) is 14.6. The molecular formula is C19H21ClN2O2. The number of rotatable bonds is 6. The monoisotopic (exact) mass is 344 g/mol. The molecule has 5 heteroatoms. The van der Waals surface area contributed by atoms with E-state index >= 15 is 0 Å². The zero-order valence-electron chi connectivity index (χ0n) is 13.9. The van der Waals surface area contributed by atoms with Crippen LogP contribution in [-0.4, -0.2) is 24.9 Å². The van der Waals surface area contributed by atoms with E-state index in [2.05, 4.69) is 5.32 Å². The molecule has 0 saturated carbocycles. The summed E-state index contributed by atoms with van der Waals surface area (Å²) in [5, 5.41) is 3.36. The highest BCUT2D eigenvalue weighted by molar-refractivity contribution is 6.33. The topological polar surface area (TPSA) is 49.4 Å². The van der Waals surface area contributed by atoms with Gasteiger partial charge in [-0.1, -0.05) is 53.6 Å². The van der Waals surface area contributed by atoms with E-state index in [1.165, 1.54) is 6.92 Å². The minimum absolute atomic E-state index is 0.0680. The van der Waals surface area contributed by atoms with Crippen LogP contribution in [0.25, 0.3) is 0 Å². The van der Waals surface area contributed by atoms with E-state index in [0.29, 0.717) is 30.2 Å². The minimum Gasteiger partial charge on any atom is -0.354 e. The van der Waals surface area contributed by atoms with Crippen molar-refractivity contribution in [3.63, 3.8) is 0 Å². The molecule has 126 valence electrons. The molecule has 0 heterocycles. The Hall–Kier alpha value is -2.33. The van der Waals surface area contributed by atoms with Crippen molar-refractivity contribution < 1.29 is 9.59 Å². The number of hydrogen-bond acceptors (Lipinski definition) is 2. The Bertz CT molecular complexity index is 714. The first-order valence-electron chi connectivity index (χ1n) is 7.82. The number of para-hydroxylation sites is 1. The second kappa shape index (κ2) is 8.50. The molecule has 2 aromatic rings. The first-order valence-corrected chi connectivity index (χ1v) is 8.20. The number of carbonyl (C=O) groups is 2. The predicted octanol–water partition coefficient (Wildman–Crippen LogP) is 3.36. The summed E-state index contributed by atoms with van der Waals surface area (Å²) in [6.45, 7) is 4.24. The fraction of sp³-hybridized carbons (Fsp3) is 0.263. The van der Waals surface area contributed by atoms with Gasteiger partial charge in [0.1, 0.15) is 0 Å². The van der Waals surface area contributed by atoms with Crippen LogP contribution in [-0.2, 0) is 16.0 Å². The Balaban J connectivity index is 1.89. The maximum Gasteiger partial charge on any atom is 0.224 e. The maximum absolute atomic E-state index is 12.0. The third-order valence-corrected chi connectivity index (χ3v) is 3.99. The lowest BCUT2D eigenvalue weighted by Gasteiger charge is -2.22. The number of nitrogens with zero attached hydrogens (tertiary/aromatic N) is 1. The van der Waals surface area contributed by atoms with Gasteiger partial charge in [-0.05, 0) is 24.6 Å². The molecule has 0 aliphatic carbocycles. The molecule has 0 fully saturated rings. The largest absolute Gasteiger partial charge is 0.354 e. The summed E-state index contributed by atoms with van der Waals surface area (Å²) in [4.78, 5) is 25.4. The first kappa shape index (κ1) is 18.0. The SMILES string of the molecule is CC(=O)N(CCNC(=O)Cc1ccc(C)cc1)c1ccccc1Cl. The number of anilines is 1. The molecule has 2 rings (SSSR count). The number of nitrogens with one attached hydrogen (secondary N) is 1. The summed E-state index contributed by atoms with van der Waals surface area (Å²) >= 11 is 6.14. The molecule has 0 spiro atoms. The van der Waals surface area contributed by atoms with E-state index in [1.807, 2.05) is 43.3 Å². The maximum atomic E-state index is 12.0. The normalized spacial score (nSPS) is 10.3. The van der Waals surface area contributed by atoms with Crippen molar-refractivity contribution in [3.05, 3.63) is 64.7 Å². The average molecular weight is 345 g/mol. The van der Waals surface area contributed by atoms with Gasteiger partial charge in [0.15, 0.2) is 0 Å². The highest BCUT2D eigenvalue weighted by Gasteiger charge is 2.14. The van der Waals surface area contributed by atoms with Crippen molar-refractivity contribution in [2.24, 2.45) is 0 Å². The smallest absolute Gasteiger partial charge is 0.224 e. The van der Waals surface area contributed by atoms with Crippen LogP contribution in [0, 0.1) is 6.92 Å². The lowest BCUT2D eigenvalue weighted by atomic mass is 10.1. The lowest BCUT2D eigenvalue weighted by molar-refractivity contribution is -0.121. The van der Waals surface area contributed by atoms with Crippen LogP contribution < -0.4 is 10.2 Å². The van der Waals surface area contributed by atoms with Crippen LogP contribution in [0.2, 0.25) is 5.02 Å². The molecule has 2 aromatic carbocycles.